The Kier molecular flexibility index (Phi) is 2.87. The van der Waals surface area contributed by atoms with E-state index in [4.69, 9.17) is 17.3 Å². The van der Waals surface area contributed by atoms with Gasteiger partial charge >= 0.3 is 0 Å². The Labute approximate surface area is 104 Å². The number of hydrogen-bond donors (Lipinski definition) is 1. The van der Waals surface area contributed by atoms with E-state index in [0.717, 1.165) is 24.4 Å². The van der Waals surface area contributed by atoms with Gasteiger partial charge in [0.25, 0.3) is 0 Å². The second-order valence-electron chi connectivity index (χ2n) is 4.74. The van der Waals surface area contributed by atoms with Crippen molar-refractivity contribution in [1.82, 2.24) is 15.1 Å². The molecule has 2 atom stereocenters. The van der Waals surface area contributed by atoms with Crippen molar-refractivity contribution >= 4 is 22.9 Å². The van der Waals surface area contributed by atoms with E-state index >= 15 is 0 Å². The van der Waals surface area contributed by atoms with Crippen LogP contribution < -0.4 is 5.73 Å². The van der Waals surface area contributed by atoms with Crippen LogP contribution in [0.2, 0.25) is 4.47 Å². The largest absolute Gasteiger partial charge is 0.328 e. The number of rotatable bonds is 2. The van der Waals surface area contributed by atoms with E-state index in [1.54, 1.807) is 0 Å². The summed E-state index contributed by atoms with van der Waals surface area (Å²) in [4.78, 5) is 2.54. The first kappa shape index (κ1) is 10.9. The Morgan fingerprint density at radius 2 is 2.00 bits per heavy atom. The van der Waals surface area contributed by atoms with Crippen LogP contribution in [0.5, 0.6) is 0 Å². The molecule has 3 heterocycles. The number of piperidine rings is 1. The SMILES string of the molecule is NC1CC2CCC(C1)N2Cc1nnc(Cl)s1. The zero-order valence-corrected chi connectivity index (χ0v) is 10.5. The molecule has 3 rings (SSSR count). The van der Waals surface area contributed by atoms with Crippen LogP contribution >= 0.6 is 22.9 Å². The van der Waals surface area contributed by atoms with Crippen molar-refractivity contribution in [2.24, 2.45) is 5.73 Å². The van der Waals surface area contributed by atoms with Gasteiger partial charge in [-0.3, -0.25) is 4.90 Å². The molecule has 2 fully saturated rings. The van der Waals surface area contributed by atoms with Gasteiger partial charge in [-0.1, -0.05) is 11.3 Å². The lowest BCUT2D eigenvalue weighted by Crippen LogP contribution is -2.46. The average molecular weight is 259 g/mol. The molecule has 4 nitrogen and oxygen atoms in total. The van der Waals surface area contributed by atoms with Gasteiger partial charge in [0.05, 0.1) is 6.54 Å². The molecular weight excluding hydrogens is 244 g/mol. The van der Waals surface area contributed by atoms with E-state index in [2.05, 4.69) is 15.1 Å². The molecule has 2 unspecified atom stereocenters. The molecule has 2 aliphatic rings. The molecule has 2 aliphatic heterocycles. The minimum Gasteiger partial charge on any atom is -0.328 e. The van der Waals surface area contributed by atoms with Crippen LogP contribution in [-0.2, 0) is 6.54 Å². The predicted octanol–water partition coefficient (Wildman–Crippen LogP) is 1.65. The van der Waals surface area contributed by atoms with Gasteiger partial charge in [0.2, 0.25) is 4.47 Å². The maximum absolute atomic E-state index is 6.04. The van der Waals surface area contributed by atoms with Crippen LogP contribution in [0.15, 0.2) is 0 Å². The van der Waals surface area contributed by atoms with Gasteiger partial charge in [-0.25, -0.2) is 0 Å². The highest BCUT2D eigenvalue weighted by atomic mass is 35.5. The van der Waals surface area contributed by atoms with Gasteiger partial charge < -0.3 is 5.73 Å². The summed E-state index contributed by atoms with van der Waals surface area (Å²) < 4.78 is 0.538. The van der Waals surface area contributed by atoms with E-state index in [1.165, 1.54) is 24.2 Å². The molecule has 1 aromatic rings. The summed E-state index contributed by atoms with van der Waals surface area (Å²) in [7, 11) is 0. The lowest BCUT2D eigenvalue weighted by molar-refractivity contribution is 0.119. The molecule has 6 heteroatoms. The summed E-state index contributed by atoms with van der Waals surface area (Å²) in [6, 6.07) is 1.69. The van der Waals surface area contributed by atoms with Crippen LogP contribution in [0, 0.1) is 0 Å². The number of hydrogen-bond acceptors (Lipinski definition) is 5. The zero-order chi connectivity index (χ0) is 11.1. The van der Waals surface area contributed by atoms with Gasteiger partial charge in [-0.05, 0) is 37.3 Å². The van der Waals surface area contributed by atoms with Crippen LogP contribution in [0.25, 0.3) is 0 Å². The first-order valence-corrected chi connectivity index (χ1v) is 6.91. The van der Waals surface area contributed by atoms with Crippen molar-refractivity contribution in [3.63, 3.8) is 0 Å². The van der Waals surface area contributed by atoms with Gasteiger partial charge in [0.15, 0.2) is 0 Å². The smallest absolute Gasteiger partial charge is 0.207 e. The molecule has 0 spiro atoms. The Hall–Kier alpha value is -0.230. The standard InChI is InChI=1S/C10H15ClN4S/c11-10-14-13-9(16-10)5-15-7-1-2-8(15)4-6(12)3-7/h6-8H,1-5,12H2. The number of nitrogens with zero attached hydrogens (tertiary/aromatic N) is 3. The highest BCUT2D eigenvalue weighted by Gasteiger charge is 2.39. The summed E-state index contributed by atoms with van der Waals surface area (Å²) in [5.41, 5.74) is 6.04. The third kappa shape index (κ3) is 1.97. The minimum atomic E-state index is 0.395. The molecule has 2 N–H and O–H groups in total. The van der Waals surface area contributed by atoms with E-state index in [-0.39, 0.29) is 0 Å². The van der Waals surface area contributed by atoms with Crippen molar-refractivity contribution < 1.29 is 0 Å². The van der Waals surface area contributed by atoms with Crippen molar-refractivity contribution in [3.8, 4) is 0 Å². The van der Waals surface area contributed by atoms with Crippen molar-refractivity contribution in [2.45, 2.75) is 50.4 Å². The van der Waals surface area contributed by atoms with E-state index < -0.39 is 0 Å². The fraction of sp³-hybridized carbons (Fsp3) is 0.800. The molecule has 2 saturated heterocycles. The fourth-order valence-corrected chi connectivity index (χ4v) is 3.90. The van der Waals surface area contributed by atoms with Crippen LogP contribution in [-0.4, -0.2) is 33.2 Å². The highest BCUT2D eigenvalue weighted by Crippen LogP contribution is 2.36. The molecule has 0 amide bonds. The Morgan fingerprint density at radius 1 is 1.31 bits per heavy atom. The van der Waals surface area contributed by atoms with Crippen LogP contribution in [0.3, 0.4) is 0 Å². The normalized spacial score (nSPS) is 34.5. The van der Waals surface area contributed by atoms with E-state index in [1.807, 2.05) is 0 Å². The van der Waals surface area contributed by atoms with E-state index in [9.17, 15) is 0 Å². The predicted molar refractivity (Wildman–Crippen MR) is 64.5 cm³/mol. The number of halogens is 1. The van der Waals surface area contributed by atoms with Gasteiger partial charge in [0, 0.05) is 18.1 Å². The lowest BCUT2D eigenvalue weighted by atomic mass is 9.98. The molecule has 1 aromatic heterocycles. The molecule has 0 aromatic carbocycles. The molecule has 16 heavy (non-hydrogen) atoms. The van der Waals surface area contributed by atoms with Gasteiger partial charge in [-0.2, -0.15) is 0 Å². The molecular formula is C10H15ClN4S. The number of fused-ring (bicyclic) bond motifs is 2. The second kappa shape index (κ2) is 4.22. The van der Waals surface area contributed by atoms with Crippen molar-refractivity contribution in [3.05, 3.63) is 9.47 Å². The first-order chi connectivity index (χ1) is 7.72. The maximum Gasteiger partial charge on any atom is 0.207 e. The third-order valence-electron chi connectivity index (χ3n) is 3.68. The quantitative estimate of drug-likeness (QED) is 0.876. The van der Waals surface area contributed by atoms with Gasteiger partial charge in [-0.15, -0.1) is 10.2 Å². The summed E-state index contributed by atoms with van der Waals surface area (Å²) in [6.07, 6.45) is 4.82. The molecule has 0 radical (unpaired) electrons. The van der Waals surface area contributed by atoms with Crippen molar-refractivity contribution in [1.29, 1.82) is 0 Å². The summed E-state index contributed by atoms with van der Waals surface area (Å²) in [5.74, 6) is 0. The third-order valence-corrected chi connectivity index (χ3v) is 4.68. The summed E-state index contributed by atoms with van der Waals surface area (Å²) in [6.45, 7) is 0.895. The topological polar surface area (TPSA) is 55.0 Å². The number of aromatic nitrogens is 2. The second-order valence-corrected chi connectivity index (χ2v) is 6.38. The maximum atomic E-state index is 6.04. The minimum absolute atomic E-state index is 0.395. The highest BCUT2D eigenvalue weighted by molar-refractivity contribution is 7.15. The zero-order valence-electron chi connectivity index (χ0n) is 8.97. The number of nitrogens with two attached hydrogens (primary N) is 1. The van der Waals surface area contributed by atoms with Crippen LogP contribution in [0.1, 0.15) is 30.7 Å². The molecule has 0 aliphatic carbocycles. The first-order valence-electron chi connectivity index (χ1n) is 5.71. The summed E-state index contributed by atoms with van der Waals surface area (Å²) >= 11 is 7.28. The molecule has 2 bridgehead atoms. The van der Waals surface area contributed by atoms with E-state index in [0.29, 0.717) is 22.6 Å². The fourth-order valence-electron chi connectivity index (χ4n) is 3.03. The Bertz CT molecular complexity index is 369. The lowest BCUT2D eigenvalue weighted by Gasteiger charge is -2.36. The van der Waals surface area contributed by atoms with Crippen LogP contribution in [0.4, 0.5) is 0 Å². The average Bonchev–Trinajstić information content (AvgIpc) is 2.72. The van der Waals surface area contributed by atoms with Crippen molar-refractivity contribution in [2.75, 3.05) is 0 Å². The monoisotopic (exact) mass is 258 g/mol. The Balaban J connectivity index is 1.72. The Morgan fingerprint density at radius 3 is 2.56 bits per heavy atom. The van der Waals surface area contributed by atoms with Gasteiger partial charge in [0.1, 0.15) is 5.01 Å². The molecule has 88 valence electrons. The summed E-state index contributed by atoms with van der Waals surface area (Å²) in [5, 5.41) is 8.96. The molecule has 0 saturated carbocycles.